The minimum Gasteiger partial charge on any atom is -0.324 e. The Bertz CT molecular complexity index is 242. The minimum absolute atomic E-state index is 0.863. The predicted molar refractivity (Wildman–Crippen MR) is 40.5 cm³/mol. The van der Waals surface area contributed by atoms with E-state index in [4.69, 9.17) is 6.42 Å². The minimum atomic E-state index is 0.863. The third-order valence-electron chi connectivity index (χ3n) is 1.32. The van der Waals surface area contributed by atoms with Crippen LogP contribution in [0.3, 0.4) is 0 Å². The van der Waals surface area contributed by atoms with Crippen LogP contribution in [0.25, 0.3) is 0 Å². The second-order valence-electron chi connectivity index (χ2n) is 2.12. The molecule has 1 aromatic heterocycles. The lowest BCUT2D eigenvalue weighted by atomic mass is 10.4. The van der Waals surface area contributed by atoms with E-state index in [1.807, 2.05) is 4.57 Å². The first-order valence-electron chi connectivity index (χ1n) is 3.35. The Labute approximate surface area is 60.9 Å². The van der Waals surface area contributed by atoms with E-state index in [1.165, 1.54) is 0 Å². The van der Waals surface area contributed by atoms with E-state index in [9.17, 15) is 0 Å². The second kappa shape index (κ2) is 3.07. The maximum atomic E-state index is 5.21. The summed E-state index contributed by atoms with van der Waals surface area (Å²) in [5.74, 6) is 2.56. The third kappa shape index (κ3) is 1.19. The molecule has 1 aromatic rings. The normalized spacial score (nSPS) is 9.20. The van der Waals surface area contributed by atoms with Gasteiger partial charge >= 0.3 is 0 Å². The van der Waals surface area contributed by atoms with Crippen molar-refractivity contribution in [1.29, 1.82) is 0 Å². The van der Waals surface area contributed by atoms with Gasteiger partial charge in [0.25, 0.3) is 0 Å². The molecule has 0 aliphatic heterocycles. The molecule has 0 atom stereocenters. The molecule has 0 amide bonds. The van der Waals surface area contributed by atoms with E-state index < -0.39 is 0 Å². The van der Waals surface area contributed by atoms with Crippen molar-refractivity contribution in [2.45, 2.75) is 19.9 Å². The maximum Gasteiger partial charge on any atom is 0.111 e. The molecule has 1 heterocycles. The lowest BCUT2D eigenvalue weighted by Crippen LogP contribution is -1.96. The molecule has 0 radical (unpaired) electrons. The molecular weight excluding hydrogens is 124 g/mol. The van der Waals surface area contributed by atoms with Gasteiger partial charge in [0.15, 0.2) is 0 Å². The van der Waals surface area contributed by atoms with Crippen molar-refractivity contribution in [2.75, 3.05) is 0 Å². The number of nitrogens with zero attached hydrogens (tertiary/aromatic N) is 2. The molecule has 0 N–H and O–H groups in total. The summed E-state index contributed by atoms with van der Waals surface area (Å²) in [4.78, 5) is 3.93. The second-order valence-corrected chi connectivity index (χ2v) is 2.12. The summed E-state index contributed by atoms with van der Waals surface area (Å²) < 4.78 is 1.97. The molecule has 0 aliphatic carbocycles. The highest BCUT2D eigenvalue weighted by Gasteiger charge is 1.94. The fraction of sp³-hybridized carbons (Fsp3) is 0.375. The number of hydrogen-bond acceptors (Lipinski definition) is 1. The molecule has 1 rings (SSSR count). The average molecular weight is 134 g/mol. The SMILES string of the molecule is C#Cc1cncn1CCC. The summed E-state index contributed by atoms with van der Waals surface area (Å²) in [6.45, 7) is 3.07. The van der Waals surface area contributed by atoms with Gasteiger partial charge in [0.2, 0.25) is 0 Å². The molecule has 0 unspecified atom stereocenters. The van der Waals surface area contributed by atoms with E-state index in [-0.39, 0.29) is 0 Å². The first kappa shape index (κ1) is 6.88. The molecule has 52 valence electrons. The Morgan fingerprint density at radius 3 is 3.20 bits per heavy atom. The van der Waals surface area contributed by atoms with E-state index in [2.05, 4.69) is 17.8 Å². The number of terminal acetylenes is 1. The summed E-state index contributed by atoms with van der Waals surface area (Å²) in [5.41, 5.74) is 0.863. The molecule has 10 heavy (non-hydrogen) atoms. The van der Waals surface area contributed by atoms with Crippen molar-refractivity contribution >= 4 is 0 Å². The van der Waals surface area contributed by atoms with Crippen LogP contribution in [0.15, 0.2) is 12.5 Å². The first-order chi connectivity index (χ1) is 4.88. The average Bonchev–Trinajstić information content (AvgIpc) is 2.36. The van der Waals surface area contributed by atoms with Gasteiger partial charge in [0.1, 0.15) is 5.69 Å². The van der Waals surface area contributed by atoms with Gasteiger partial charge in [-0.3, -0.25) is 0 Å². The zero-order valence-corrected chi connectivity index (χ0v) is 6.04. The summed E-state index contributed by atoms with van der Waals surface area (Å²) in [7, 11) is 0. The van der Waals surface area contributed by atoms with Gasteiger partial charge in [0, 0.05) is 6.54 Å². The third-order valence-corrected chi connectivity index (χ3v) is 1.32. The molecular formula is C8H10N2. The quantitative estimate of drug-likeness (QED) is 0.557. The Hall–Kier alpha value is -1.23. The molecule has 0 saturated carbocycles. The predicted octanol–water partition coefficient (Wildman–Crippen LogP) is 1.27. The zero-order valence-electron chi connectivity index (χ0n) is 6.04. The molecule has 0 aromatic carbocycles. The van der Waals surface area contributed by atoms with Crippen LogP contribution < -0.4 is 0 Å². The van der Waals surface area contributed by atoms with Crippen LogP contribution in [0.2, 0.25) is 0 Å². The van der Waals surface area contributed by atoms with Crippen LogP contribution in [-0.4, -0.2) is 9.55 Å². The Morgan fingerprint density at radius 1 is 1.80 bits per heavy atom. The van der Waals surface area contributed by atoms with Gasteiger partial charge in [-0.25, -0.2) is 4.98 Å². The van der Waals surface area contributed by atoms with Crippen molar-refractivity contribution in [2.24, 2.45) is 0 Å². The highest BCUT2D eigenvalue weighted by atomic mass is 15.0. The van der Waals surface area contributed by atoms with Crippen LogP contribution in [0, 0.1) is 12.3 Å². The largest absolute Gasteiger partial charge is 0.324 e. The Balaban J connectivity index is 2.82. The van der Waals surface area contributed by atoms with Gasteiger partial charge in [-0.05, 0) is 6.42 Å². The van der Waals surface area contributed by atoms with E-state index in [1.54, 1.807) is 12.5 Å². The number of rotatable bonds is 2. The van der Waals surface area contributed by atoms with E-state index in [0.717, 1.165) is 18.7 Å². The number of aromatic nitrogens is 2. The van der Waals surface area contributed by atoms with Crippen molar-refractivity contribution in [1.82, 2.24) is 9.55 Å². The zero-order chi connectivity index (χ0) is 7.40. The molecule has 0 bridgehead atoms. The summed E-state index contributed by atoms with van der Waals surface area (Å²) in [6, 6.07) is 0. The van der Waals surface area contributed by atoms with Crippen molar-refractivity contribution in [3.05, 3.63) is 18.2 Å². The Kier molecular flexibility index (Phi) is 2.11. The highest BCUT2D eigenvalue weighted by molar-refractivity contribution is 5.21. The van der Waals surface area contributed by atoms with Crippen molar-refractivity contribution in [3.8, 4) is 12.3 Å². The molecule has 0 spiro atoms. The van der Waals surface area contributed by atoms with Gasteiger partial charge < -0.3 is 4.57 Å². The summed E-state index contributed by atoms with van der Waals surface area (Å²) in [5, 5.41) is 0. The highest BCUT2D eigenvalue weighted by Crippen LogP contribution is 1.97. The molecule has 0 fully saturated rings. The van der Waals surface area contributed by atoms with Gasteiger partial charge in [-0.2, -0.15) is 0 Å². The van der Waals surface area contributed by atoms with E-state index in [0.29, 0.717) is 0 Å². The van der Waals surface area contributed by atoms with Crippen LogP contribution in [0.1, 0.15) is 19.0 Å². The molecule has 0 aliphatic rings. The topological polar surface area (TPSA) is 17.8 Å². The van der Waals surface area contributed by atoms with Crippen molar-refractivity contribution in [3.63, 3.8) is 0 Å². The van der Waals surface area contributed by atoms with Gasteiger partial charge in [-0.1, -0.05) is 12.8 Å². The number of aryl methyl sites for hydroxylation is 1. The van der Waals surface area contributed by atoms with Crippen LogP contribution >= 0.6 is 0 Å². The molecule has 2 nitrogen and oxygen atoms in total. The monoisotopic (exact) mass is 134 g/mol. The van der Waals surface area contributed by atoms with E-state index >= 15 is 0 Å². The van der Waals surface area contributed by atoms with Gasteiger partial charge in [0.05, 0.1) is 12.5 Å². The molecule has 2 heteroatoms. The fourth-order valence-electron chi connectivity index (χ4n) is 0.860. The standard InChI is InChI=1S/C8H10N2/c1-3-5-10-7-9-6-8(10)4-2/h2,6-7H,3,5H2,1H3. The lowest BCUT2D eigenvalue weighted by Gasteiger charge is -1.98. The molecule has 0 saturated heterocycles. The first-order valence-corrected chi connectivity index (χ1v) is 3.35. The fourth-order valence-corrected chi connectivity index (χ4v) is 0.860. The van der Waals surface area contributed by atoms with Crippen LogP contribution in [0.4, 0.5) is 0 Å². The summed E-state index contributed by atoms with van der Waals surface area (Å²) >= 11 is 0. The maximum absolute atomic E-state index is 5.21. The van der Waals surface area contributed by atoms with Crippen LogP contribution in [-0.2, 0) is 6.54 Å². The number of imidazole rings is 1. The Morgan fingerprint density at radius 2 is 2.60 bits per heavy atom. The van der Waals surface area contributed by atoms with Crippen molar-refractivity contribution < 1.29 is 0 Å². The van der Waals surface area contributed by atoms with Crippen LogP contribution in [0.5, 0.6) is 0 Å². The number of hydrogen-bond donors (Lipinski definition) is 0. The summed E-state index contributed by atoms with van der Waals surface area (Å²) in [6.07, 6.45) is 9.77. The smallest absolute Gasteiger partial charge is 0.111 e. The van der Waals surface area contributed by atoms with Gasteiger partial charge in [-0.15, -0.1) is 6.42 Å². The lowest BCUT2D eigenvalue weighted by molar-refractivity contribution is 0.672.